The molecule has 0 aliphatic carbocycles. The first kappa shape index (κ1) is 14.4. The zero-order valence-electron chi connectivity index (χ0n) is 11.8. The fourth-order valence-electron chi connectivity index (χ4n) is 2.07. The van der Waals surface area contributed by atoms with Crippen molar-refractivity contribution in [3.8, 4) is 0 Å². The molecule has 3 heterocycles. The Morgan fingerprint density at radius 1 is 1.23 bits per heavy atom. The number of sulfonamides is 1. The minimum absolute atomic E-state index is 0.00480. The first-order valence-corrected chi connectivity index (χ1v) is 7.98. The maximum Gasteiger partial charge on any atom is 0.239 e. The third-order valence-corrected chi connectivity index (χ3v) is 4.12. The normalized spacial score (nSPS) is 11.7. The molecule has 0 fully saturated rings. The number of fused-ring (bicyclic) bond motifs is 1. The molecule has 8 nitrogen and oxygen atoms in total. The summed E-state index contributed by atoms with van der Waals surface area (Å²) in [6.45, 7) is 0.443. The van der Waals surface area contributed by atoms with Crippen LogP contribution in [0.4, 0.5) is 5.69 Å². The Balaban J connectivity index is 1.79. The summed E-state index contributed by atoms with van der Waals surface area (Å²) in [5, 5.41) is 13.4. The van der Waals surface area contributed by atoms with Crippen LogP contribution in [0.5, 0.6) is 0 Å². The van der Waals surface area contributed by atoms with Crippen molar-refractivity contribution < 1.29 is 8.42 Å². The summed E-state index contributed by atoms with van der Waals surface area (Å²) in [7, 11) is -1.89. The summed E-state index contributed by atoms with van der Waals surface area (Å²) in [6.07, 6.45) is 4.69. The van der Waals surface area contributed by atoms with Gasteiger partial charge in [-0.2, -0.15) is 5.10 Å². The smallest absolute Gasteiger partial charge is 0.239 e. The van der Waals surface area contributed by atoms with E-state index in [-0.39, 0.29) is 4.90 Å². The van der Waals surface area contributed by atoms with E-state index >= 15 is 0 Å². The number of primary sulfonamides is 1. The molecule has 3 aromatic heterocycles. The van der Waals surface area contributed by atoms with E-state index in [1.54, 1.807) is 23.1 Å². The van der Waals surface area contributed by atoms with Crippen molar-refractivity contribution in [2.24, 2.45) is 12.2 Å². The van der Waals surface area contributed by atoms with Gasteiger partial charge in [0.05, 0.1) is 23.8 Å². The van der Waals surface area contributed by atoms with Gasteiger partial charge in [0.15, 0.2) is 5.65 Å². The van der Waals surface area contributed by atoms with Crippen molar-refractivity contribution in [1.82, 2.24) is 19.7 Å². The number of aryl methyl sites for hydroxylation is 1. The molecule has 0 saturated carbocycles. The van der Waals surface area contributed by atoms with Crippen LogP contribution in [0.3, 0.4) is 0 Å². The van der Waals surface area contributed by atoms with Gasteiger partial charge in [-0.25, -0.2) is 18.5 Å². The van der Waals surface area contributed by atoms with Crippen LogP contribution in [0.15, 0.2) is 41.7 Å². The molecule has 9 heteroatoms. The van der Waals surface area contributed by atoms with Crippen LogP contribution in [0, 0.1) is 0 Å². The minimum atomic E-state index is -3.71. The summed E-state index contributed by atoms with van der Waals surface area (Å²) < 4.78 is 24.1. The predicted octanol–water partition coefficient (Wildman–Crippen LogP) is 0.623. The van der Waals surface area contributed by atoms with Crippen molar-refractivity contribution in [2.45, 2.75) is 11.4 Å². The van der Waals surface area contributed by atoms with Crippen LogP contribution in [-0.4, -0.2) is 28.2 Å². The SMILES string of the molecule is Cn1ncc2c(NCc3ccc(S(N)(=O)=O)cn3)ccnc21. The molecule has 0 bridgehead atoms. The summed E-state index contributed by atoms with van der Waals surface area (Å²) >= 11 is 0. The number of rotatable bonds is 4. The lowest BCUT2D eigenvalue weighted by atomic mass is 10.3. The molecule has 0 aromatic carbocycles. The van der Waals surface area contributed by atoms with Crippen LogP contribution in [0.1, 0.15) is 5.69 Å². The lowest BCUT2D eigenvalue weighted by Gasteiger charge is -2.07. The Kier molecular flexibility index (Phi) is 3.51. The molecule has 0 aliphatic heterocycles. The first-order valence-electron chi connectivity index (χ1n) is 6.43. The number of aromatic nitrogens is 4. The lowest BCUT2D eigenvalue weighted by molar-refractivity contribution is 0.597. The molecule has 0 saturated heterocycles. The fourth-order valence-corrected chi connectivity index (χ4v) is 2.53. The molecular formula is C13H14N6O2S. The van der Waals surface area contributed by atoms with Crippen molar-refractivity contribution in [3.63, 3.8) is 0 Å². The lowest BCUT2D eigenvalue weighted by Crippen LogP contribution is -2.13. The monoisotopic (exact) mass is 318 g/mol. The quantitative estimate of drug-likeness (QED) is 0.728. The number of nitrogens with one attached hydrogen (secondary N) is 1. The highest BCUT2D eigenvalue weighted by atomic mass is 32.2. The zero-order valence-corrected chi connectivity index (χ0v) is 12.6. The fraction of sp³-hybridized carbons (Fsp3) is 0.154. The molecule has 0 atom stereocenters. The average molecular weight is 318 g/mol. The van der Waals surface area contributed by atoms with E-state index in [1.165, 1.54) is 12.3 Å². The number of pyridine rings is 2. The highest BCUT2D eigenvalue weighted by molar-refractivity contribution is 7.89. The van der Waals surface area contributed by atoms with Crippen LogP contribution in [0.25, 0.3) is 11.0 Å². The Labute approximate surface area is 127 Å². The number of nitrogens with two attached hydrogens (primary N) is 1. The molecule has 114 valence electrons. The van der Waals surface area contributed by atoms with E-state index in [0.717, 1.165) is 16.7 Å². The topological polar surface area (TPSA) is 116 Å². The van der Waals surface area contributed by atoms with Crippen LogP contribution in [0.2, 0.25) is 0 Å². The third kappa shape index (κ3) is 2.76. The molecule has 0 amide bonds. The van der Waals surface area contributed by atoms with Crippen LogP contribution >= 0.6 is 0 Å². The Hall–Kier alpha value is -2.52. The summed E-state index contributed by atoms with van der Waals surface area (Å²) in [5.74, 6) is 0. The number of hydrogen-bond donors (Lipinski definition) is 2. The number of hydrogen-bond acceptors (Lipinski definition) is 6. The van der Waals surface area contributed by atoms with Gasteiger partial charge in [0, 0.05) is 25.1 Å². The molecule has 3 N–H and O–H groups in total. The largest absolute Gasteiger partial charge is 0.379 e. The molecule has 0 spiro atoms. The maximum atomic E-state index is 11.2. The van der Waals surface area contributed by atoms with Gasteiger partial charge in [-0.05, 0) is 18.2 Å². The van der Waals surface area contributed by atoms with E-state index in [0.29, 0.717) is 12.2 Å². The predicted molar refractivity (Wildman–Crippen MR) is 81.4 cm³/mol. The van der Waals surface area contributed by atoms with E-state index in [2.05, 4.69) is 20.4 Å². The molecule has 3 aromatic rings. The van der Waals surface area contributed by atoms with E-state index in [1.807, 2.05) is 13.1 Å². The van der Waals surface area contributed by atoms with Crippen LogP contribution in [-0.2, 0) is 23.6 Å². The van der Waals surface area contributed by atoms with E-state index in [4.69, 9.17) is 5.14 Å². The summed E-state index contributed by atoms with van der Waals surface area (Å²) in [6, 6.07) is 4.91. The second-order valence-corrected chi connectivity index (χ2v) is 6.31. The van der Waals surface area contributed by atoms with Gasteiger partial charge in [-0.1, -0.05) is 0 Å². The standard InChI is InChI=1S/C13H14N6O2S/c1-19-13-11(8-18-19)12(4-5-15-13)17-6-9-2-3-10(7-16-9)22(14,20)21/h2-5,7-8H,6H2,1H3,(H,15,17)(H2,14,20,21). The number of nitrogens with zero attached hydrogens (tertiary/aromatic N) is 4. The first-order chi connectivity index (χ1) is 10.4. The minimum Gasteiger partial charge on any atom is -0.379 e. The zero-order chi connectivity index (χ0) is 15.7. The molecular weight excluding hydrogens is 304 g/mol. The Morgan fingerprint density at radius 3 is 2.73 bits per heavy atom. The van der Waals surface area contributed by atoms with Crippen LogP contribution < -0.4 is 10.5 Å². The molecule has 3 rings (SSSR count). The summed E-state index contributed by atoms with van der Waals surface area (Å²) in [5.41, 5.74) is 2.36. The second-order valence-electron chi connectivity index (χ2n) is 4.75. The number of anilines is 1. The third-order valence-electron chi connectivity index (χ3n) is 3.22. The molecule has 0 radical (unpaired) electrons. The van der Waals surface area contributed by atoms with Gasteiger partial charge in [-0.15, -0.1) is 0 Å². The highest BCUT2D eigenvalue weighted by Crippen LogP contribution is 2.20. The van der Waals surface area contributed by atoms with E-state index in [9.17, 15) is 8.42 Å². The molecule has 0 aliphatic rings. The average Bonchev–Trinajstić information content (AvgIpc) is 2.87. The van der Waals surface area contributed by atoms with Gasteiger partial charge in [0.25, 0.3) is 0 Å². The highest BCUT2D eigenvalue weighted by Gasteiger charge is 2.09. The van der Waals surface area contributed by atoms with Gasteiger partial charge in [-0.3, -0.25) is 9.67 Å². The van der Waals surface area contributed by atoms with Crippen molar-refractivity contribution >= 4 is 26.7 Å². The Bertz CT molecular complexity index is 917. The van der Waals surface area contributed by atoms with Crippen molar-refractivity contribution in [3.05, 3.63) is 42.5 Å². The van der Waals surface area contributed by atoms with Crippen molar-refractivity contribution in [1.29, 1.82) is 0 Å². The van der Waals surface area contributed by atoms with Gasteiger partial charge in [0.1, 0.15) is 4.90 Å². The van der Waals surface area contributed by atoms with Gasteiger partial charge < -0.3 is 5.32 Å². The van der Waals surface area contributed by atoms with Crippen molar-refractivity contribution in [2.75, 3.05) is 5.32 Å². The van der Waals surface area contributed by atoms with Gasteiger partial charge >= 0.3 is 0 Å². The maximum absolute atomic E-state index is 11.2. The summed E-state index contributed by atoms with van der Waals surface area (Å²) in [4.78, 5) is 8.34. The molecule has 22 heavy (non-hydrogen) atoms. The molecule has 0 unspecified atom stereocenters. The Morgan fingerprint density at radius 2 is 2.05 bits per heavy atom. The van der Waals surface area contributed by atoms with Gasteiger partial charge in [0.2, 0.25) is 10.0 Å². The van der Waals surface area contributed by atoms with E-state index < -0.39 is 10.0 Å². The second kappa shape index (κ2) is 5.35.